The van der Waals surface area contributed by atoms with Gasteiger partial charge in [-0.2, -0.15) is 0 Å². The van der Waals surface area contributed by atoms with Gasteiger partial charge in [0.25, 0.3) is 0 Å². The van der Waals surface area contributed by atoms with Gasteiger partial charge in [-0.15, -0.1) is 0 Å². The lowest BCUT2D eigenvalue weighted by atomic mass is 9.85. The van der Waals surface area contributed by atoms with E-state index in [9.17, 15) is 0 Å². The van der Waals surface area contributed by atoms with Crippen LogP contribution in [0, 0.1) is 0 Å². The molecule has 0 fully saturated rings. The Kier molecular flexibility index (Phi) is 6.62. The van der Waals surface area contributed by atoms with Gasteiger partial charge in [-0.3, -0.25) is 0 Å². The molecule has 0 radical (unpaired) electrons. The third kappa shape index (κ3) is 4.79. The van der Waals surface area contributed by atoms with E-state index in [1.165, 1.54) is 93.0 Å². The summed E-state index contributed by atoms with van der Waals surface area (Å²) in [5.41, 5.74) is 11.6. The zero-order chi connectivity index (χ0) is 34.9. The summed E-state index contributed by atoms with van der Waals surface area (Å²) in [4.78, 5) is 0. The second-order valence-corrected chi connectivity index (χ2v) is 14.0. The highest BCUT2D eigenvalue weighted by atomic mass is 16.3. The summed E-state index contributed by atoms with van der Waals surface area (Å²) in [6.45, 7) is 0. The molecule has 1 aromatic heterocycles. The minimum atomic E-state index is 0.914. The Balaban J connectivity index is 1.04. The lowest BCUT2D eigenvalue weighted by molar-refractivity contribution is 0.669. The van der Waals surface area contributed by atoms with Crippen molar-refractivity contribution in [3.8, 4) is 44.5 Å². The number of hydrogen-bond donors (Lipinski definition) is 0. The summed E-state index contributed by atoms with van der Waals surface area (Å²) >= 11 is 0. The van der Waals surface area contributed by atoms with Gasteiger partial charge < -0.3 is 4.42 Å². The molecule has 0 amide bonds. The Morgan fingerprint density at radius 3 is 1.47 bits per heavy atom. The second kappa shape index (κ2) is 11.8. The van der Waals surface area contributed by atoms with Crippen molar-refractivity contribution in [1.29, 1.82) is 0 Å². The van der Waals surface area contributed by atoms with Crippen molar-refractivity contribution in [3.63, 3.8) is 0 Å². The fraction of sp³-hybridized carbons (Fsp3) is 0. The molecule has 1 nitrogen and oxygen atoms in total. The first-order chi connectivity index (χ1) is 26.3. The number of hydrogen-bond acceptors (Lipinski definition) is 1. The predicted octanol–water partition coefficient (Wildman–Crippen LogP) is 14.9. The topological polar surface area (TPSA) is 13.1 Å². The maximum absolute atomic E-state index is 6.30. The van der Waals surface area contributed by atoms with Crippen molar-refractivity contribution in [2.45, 2.75) is 0 Å². The van der Waals surface area contributed by atoms with Gasteiger partial charge in [0.1, 0.15) is 11.2 Å². The SMILES string of the molecule is c1cc(-c2ccc3ccccc3c2)cc(-c2c3ccccc3c(-c3ccc(-c4ccc5oc6ccc7ccccc7c6c5c4)cc3)c3ccccc23)c1. The molecule has 0 aliphatic heterocycles. The van der Waals surface area contributed by atoms with E-state index in [0.717, 1.165) is 16.6 Å². The molecule has 11 aromatic rings. The molecule has 0 aliphatic rings. The van der Waals surface area contributed by atoms with Gasteiger partial charge in [-0.05, 0) is 118 Å². The minimum Gasteiger partial charge on any atom is -0.456 e. The zero-order valence-corrected chi connectivity index (χ0v) is 28.9. The van der Waals surface area contributed by atoms with Crippen molar-refractivity contribution in [1.82, 2.24) is 0 Å². The van der Waals surface area contributed by atoms with E-state index in [1.54, 1.807) is 0 Å². The van der Waals surface area contributed by atoms with Crippen LogP contribution in [0.3, 0.4) is 0 Å². The Labute approximate surface area is 307 Å². The molecule has 1 heterocycles. The third-order valence-corrected chi connectivity index (χ3v) is 11.0. The molecule has 0 atom stereocenters. The quantitative estimate of drug-likeness (QED) is 0.170. The van der Waals surface area contributed by atoms with Gasteiger partial charge in [0.2, 0.25) is 0 Å². The fourth-order valence-electron chi connectivity index (χ4n) is 8.53. The van der Waals surface area contributed by atoms with Gasteiger partial charge in [0.15, 0.2) is 0 Å². The molecule has 0 saturated heterocycles. The maximum Gasteiger partial charge on any atom is 0.136 e. The molecule has 10 aromatic carbocycles. The van der Waals surface area contributed by atoms with Crippen LogP contribution in [0.4, 0.5) is 0 Å². The van der Waals surface area contributed by atoms with Crippen molar-refractivity contribution < 1.29 is 4.42 Å². The first-order valence-electron chi connectivity index (χ1n) is 18.2. The number of rotatable bonds is 4. The largest absolute Gasteiger partial charge is 0.456 e. The van der Waals surface area contributed by atoms with Gasteiger partial charge >= 0.3 is 0 Å². The van der Waals surface area contributed by atoms with Crippen molar-refractivity contribution in [3.05, 3.63) is 194 Å². The molecular formula is C52H32O. The van der Waals surface area contributed by atoms with Crippen LogP contribution in [0.1, 0.15) is 0 Å². The van der Waals surface area contributed by atoms with Crippen molar-refractivity contribution >= 4 is 65.0 Å². The van der Waals surface area contributed by atoms with E-state index in [0.29, 0.717) is 0 Å². The summed E-state index contributed by atoms with van der Waals surface area (Å²) in [6.07, 6.45) is 0. The van der Waals surface area contributed by atoms with Crippen LogP contribution in [0.25, 0.3) is 110 Å². The Bertz CT molecular complexity index is 3160. The Morgan fingerprint density at radius 2 is 0.736 bits per heavy atom. The van der Waals surface area contributed by atoms with E-state index >= 15 is 0 Å². The van der Waals surface area contributed by atoms with Gasteiger partial charge in [-0.1, -0.05) is 164 Å². The highest BCUT2D eigenvalue weighted by Crippen LogP contribution is 2.45. The van der Waals surface area contributed by atoms with Crippen LogP contribution in [0.2, 0.25) is 0 Å². The normalized spacial score (nSPS) is 11.8. The standard InChI is InChI=1S/C52H32O/c1-2-12-37-30-39(25-22-33(37)10-1)38-13-9-14-41(31-38)51-45-18-7-5-16-43(45)50(44-17-6-8-19-46(44)51)36-23-20-34(21-24-36)40-27-28-48-47(32-40)52-42-15-4-3-11-35(42)26-29-49(52)53-48/h1-32H. The van der Waals surface area contributed by atoms with E-state index in [1.807, 2.05) is 0 Å². The summed E-state index contributed by atoms with van der Waals surface area (Å²) in [5, 5.41) is 12.3. The molecule has 0 N–H and O–H groups in total. The Morgan fingerprint density at radius 1 is 0.245 bits per heavy atom. The van der Waals surface area contributed by atoms with E-state index in [4.69, 9.17) is 4.42 Å². The van der Waals surface area contributed by atoms with Crippen molar-refractivity contribution in [2.24, 2.45) is 0 Å². The average molecular weight is 673 g/mol. The zero-order valence-electron chi connectivity index (χ0n) is 28.9. The van der Waals surface area contributed by atoms with Crippen LogP contribution in [-0.4, -0.2) is 0 Å². The van der Waals surface area contributed by atoms with E-state index in [2.05, 4.69) is 194 Å². The van der Waals surface area contributed by atoms with Crippen molar-refractivity contribution in [2.75, 3.05) is 0 Å². The highest BCUT2D eigenvalue weighted by molar-refractivity contribution is 6.22. The highest BCUT2D eigenvalue weighted by Gasteiger charge is 2.18. The van der Waals surface area contributed by atoms with E-state index in [-0.39, 0.29) is 0 Å². The third-order valence-electron chi connectivity index (χ3n) is 11.0. The minimum absolute atomic E-state index is 0.914. The first-order valence-corrected chi connectivity index (χ1v) is 18.2. The monoisotopic (exact) mass is 672 g/mol. The summed E-state index contributed by atoms with van der Waals surface area (Å²) in [7, 11) is 0. The van der Waals surface area contributed by atoms with E-state index < -0.39 is 0 Å². The molecule has 0 bridgehead atoms. The number of furan rings is 1. The molecule has 1 heteroatoms. The summed E-state index contributed by atoms with van der Waals surface area (Å²) in [5.74, 6) is 0. The van der Waals surface area contributed by atoms with Crippen LogP contribution >= 0.6 is 0 Å². The molecule has 246 valence electrons. The molecule has 0 unspecified atom stereocenters. The maximum atomic E-state index is 6.30. The number of fused-ring (bicyclic) bond motifs is 8. The van der Waals surface area contributed by atoms with Crippen LogP contribution < -0.4 is 0 Å². The summed E-state index contributed by atoms with van der Waals surface area (Å²) < 4.78 is 6.30. The Hall–Kier alpha value is -6.96. The molecule has 53 heavy (non-hydrogen) atoms. The van der Waals surface area contributed by atoms with Gasteiger partial charge in [-0.25, -0.2) is 0 Å². The van der Waals surface area contributed by atoms with Gasteiger partial charge in [0, 0.05) is 10.8 Å². The lowest BCUT2D eigenvalue weighted by Crippen LogP contribution is -1.91. The molecule has 0 aliphatic carbocycles. The smallest absolute Gasteiger partial charge is 0.136 e. The average Bonchev–Trinajstić information content (AvgIpc) is 3.61. The summed E-state index contributed by atoms with van der Waals surface area (Å²) in [6, 6.07) is 70.6. The second-order valence-electron chi connectivity index (χ2n) is 14.0. The predicted molar refractivity (Wildman–Crippen MR) is 225 cm³/mol. The molecule has 0 spiro atoms. The fourth-order valence-corrected chi connectivity index (χ4v) is 8.53. The first kappa shape index (κ1) is 29.7. The van der Waals surface area contributed by atoms with Crippen LogP contribution in [0.5, 0.6) is 0 Å². The molecule has 11 rings (SSSR count). The number of benzene rings is 10. The molecular weight excluding hydrogens is 641 g/mol. The molecule has 0 saturated carbocycles. The van der Waals surface area contributed by atoms with Crippen LogP contribution in [0.15, 0.2) is 199 Å². The van der Waals surface area contributed by atoms with Gasteiger partial charge in [0.05, 0.1) is 0 Å². The van der Waals surface area contributed by atoms with Crippen LogP contribution in [-0.2, 0) is 0 Å². The lowest BCUT2D eigenvalue weighted by Gasteiger charge is -2.18.